The Morgan fingerprint density at radius 1 is 1.12 bits per heavy atom. The molecule has 14 heteroatoms. The molecule has 9 nitrogen and oxygen atoms in total. The number of rotatable bonds is 7. The van der Waals surface area contributed by atoms with Gasteiger partial charge in [-0.05, 0) is 75.1 Å². The van der Waals surface area contributed by atoms with Crippen LogP contribution in [0.25, 0.3) is 11.3 Å². The van der Waals surface area contributed by atoms with Crippen LogP contribution in [-0.4, -0.2) is 43.7 Å². The summed E-state index contributed by atoms with van der Waals surface area (Å²) in [5, 5.41) is -0.0897. The summed E-state index contributed by atoms with van der Waals surface area (Å²) < 4.78 is 76.2. The minimum atomic E-state index is -4.77. The lowest BCUT2D eigenvalue weighted by molar-refractivity contribution is -0.191. The molecule has 1 unspecified atom stereocenters. The van der Waals surface area contributed by atoms with Crippen molar-refractivity contribution in [1.82, 2.24) is 9.97 Å². The van der Waals surface area contributed by atoms with Gasteiger partial charge >= 0.3 is 12.3 Å². The second-order valence-electron chi connectivity index (χ2n) is 9.61. The third-order valence-corrected chi connectivity index (χ3v) is 7.46. The van der Waals surface area contributed by atoms with Crippen LogP contribution in [-0.2, 0) is 25.8 Å². The smallest absolute Gasteiger partial charge is 0.418 e. The average Bonchev–Trinajstić information content (AvgIpc) is 2.89. The van der Waals surface area contributed by atoms with Crippen molar-refractivity contribution in [3.8, 4) is 17.0 Å². The Kier molecular flexibility index (Phi) is 10.4. The molecule has 0 spiro atoms. The highest BCUT2D eigenvalue weighted by Crippen LogP contribution is 2.41. The molecule has 0 amide bonds. The number of hydrogen-bond donors (Lipinski definition) is 1. The summed E-state index contributed by atoms with van der Waals surface area (Å²) in [7, 11) is -4.26. The van der Waals surface area contributed by atoms with Crippen molar-refractivity contribution in [2.45, 2.75) is 50.9 Å². The third-order valence-electron chi connectivity index (χ3n) is 5.96. The molecule has 4 rings (SSSR count). The fourth-order valence-corrected chi connectivity index (χ4v) is 5.45. The molecule has 1 fully saturated rings. The predicted molar refractivity (Wildman–Crippen MR) is 146 cm³/mol. The molecule has 2 aromatic heterocycles. The van der Waals surface area contributed by atoms with Crippen molar-refractivity contribution in [2.75, 3.05) is 22.7 Å². The summed E-state index contributed by atoms with van der Waals surface area (Å²) in [5.74, 6) is 0.805. The Balaban J connectivity index is 0.00000147. The van der Waals surface area contributed by atoms with Crippen LogP contribution >= 0.6 is 11.6 Å². The molecule has 0 radical (unpaired) electrons. The zero-order valence-electron chi connectivity index (χ0n) is 22.4. The van der Waals surface area contributed by atoms with Gasteiger partial charge < -0.3 is 9.64 Å². The molecule has 0 saturated carbocycles. The summed E-state index contributed by atoms with van der Waals surface area (Å²) in [4.78, 5) is 26.7. The number of nitrogens with zero attached hydrogens (tertiary/aromatic N) is 3. The lowest BCUT2D eigenvalue weighted by Crippen LogP contribution is -2.35. The number of alkyl halides is 3. The van der Waals surface area contributed by atoms with E-state index in [9.17, 15) is 21.6 Å². The number of hydrogen-bond acceptors (Lipinski definition) is 8. The topological polar surface area (TPSA) is 119 Å². The lowest BCUT2D eigenvalue weighted by Gasteiger charge is -2.31. The quantitative estimate of drug-likeness (QED) is 0.342. The van der Waals surface area contributed by atoms with E-state index >= 15 is 0 Å². The maximum atomic E-state index is 13.9. The van der Waals surface area contributed by atoms with Gasteiger partial charge in [-0.3, -0.25) is 4.72 Å². The Hall–Kier alpha value is -3.67. The first-order valence-corrected chi connectivity index (χ1v) is 14.4. The van der Waals surface area contributed by atoms with Crippen LogP contribution < -0.4 is 14.4 Å². The molecule has 1 aromatic carbocycles. The zero-order valence-corrected chi connectivity index (χ0v) is 24.0. The van der Waals surface area contributed by atoms with Crippen molar-refractivity contribution in [2.24, 2.45) is 5.92 Å². The van der Waals surface area contributed by atoms with Gasteiger partial charge in [0.25, 0.3) is 10.0 Å². The molecule has 41 heavy (non-hydrogen) atoms. The van der Waals surface area contributed by atoms with Crippen LogP contribution in [0.3, 0.4) is 0 Å². The normalized spacial score (nSPS) is 15.5. The molecule has 1 aliphatic rings. The van der Waals surface area contributed by atoms with E-state index in [1.165, 1.54) is 24.3 Å². The summed E-state index contributed by atoms with van der Waals surface area (Å²) in [6.45, 7) is 7.10. The minimum absolute atomic E-state index is 0.0149. The molecule has 1 N–H and O–H groups in total. The maximum absolute atomic E-state index is 13.9. The number of piperidine rings is 1. The Labute approximate surface area is 240 Å². The van der Waals surface area contributed by atoms with Gasteiger partial charge in [0.1, 0.15) is 17.4 Å². The van der Waals surface area contributed by atoms with Gasteiger partial charge in [0.2, 0.25) is 0 Å². The summed E-state index contributed by atoms with van der Waals surface area (Å²) in [6.07, 6.45) is -2.79. The average molecular weight is 613 g/mol. The maximum Gasteiger partial charge on any atom is 0.418 e. The number of nitrogens with one attached hydrogen (secondary N) is 1. The fraction of sp³-hybridized carbons (Fsp3) is 0.370. The van der Waals surface area contributed by atoms with Crippen LogP contribution in [0.5, 0.6) is 5.75 Å². The number of carbonyl (C=O) groups excluding carboxylic acids is 2. The van der Waals surface area contributed by atoms with Crippen LogP contribution in [0, 0.1) is 5.92 Å². The van der Waals surface area contributed by atoms with E-state index in [1.807, 2.05) is 4.90 Å². The first kappa shape index (κ1) is 31.9. The second-order valence-corrected chi connectivity index (χ2v) is 11.7. The Morgan fingerprint density at radius 2 is 1.83 bits per heavy atom. The Morgan fingerprint density at radius 3 is 2.46 bits per heavy atom. The number of halogens is 4. The molecule has 3 heterocycles. The third kappa shape index (κ3) is 8.42. The van der Waals surface area contributed by atoms with E-state index in [1.54, 1.807) is 26.0 Å². The largest absolute Gasteiger partial charge is 0.490 e. The summed E-state index contributed by atoms with van der Waals surface area (Å²) in [6, 6.07) is 10.6. The van der Waals surface area contributed by atoms with Gasteiger partial charge in [0, 0.05) is 23.7 Å². The van der Waals surface area contributed by atoms with E-state index in [2.05, 4.69) is 21.6 Å². The van der Waals surface area contributed by atoms with Crippen molar-refractivity contribution in [3.63, 3.8) is 0 Å². The van der Waals surface area contributed by atoms with Crippen LogP contribution in [0.1, 0.15) is 39.2 Å². The number of benzene rings is 1. The summed E-state index contributed by atoms with van der Waals surface area (Å²) >= 11 is 6.10. The molecule has 1 saturated heterocycles. The summed E-state index contributed by atoms with van der Waals surface area (Å²) in [5.41, 5.74) is -1.59. The van der Waals surface area contributed by atoms with Crippen molar-refractivity contribution in [3.05, 3.63) is 59.1 Å². The number of pyridine rings is 2. The zero-order chi connectivity index (χ0) is 30.4. The van der Waals surface area contributed by atoms with Crippen LogP contribution in [0.15, 0.2) is 53.6 Å². The van der Waals surface area contributed by atoms with E-state index in [4.69, 9.17) is 25.9 Å². The van der Waals surface area contributed by atoms with E-state index < -0.39 is 27.5 Å². The van der Waals surface area contributed by atoms with E-state index in [0.29, 0.717) is 11.7 Å². The van der Waals surface area contributed by atoms with Gasteiger partial charge in [-0.15, -0.1) is 0 Å². The van der Waals surface area contributed by atoms with Gasteiger partial charge in [0.15, 0.2) is 5.03 Å². The SMILES string of the molecule is CC1CCCN(c2cccc(S(=O)(=O)Nc3ccc(C(F)(F)F)c(-c4cc(Cl)ccc4OC(C)C)n3)n2)C1.O=C=O. The van der Waals surface area contributed by atoms with Crippen molar-refractivity contribution in [1.29, 1.82) is 0 Å². The molecule has 220 valence electrons. The molecule has 3 aromatic rings. The number of sulfonamides is 1. The number of ether oxygens (including phenoxy) is 1. The highest BCUT2D eigenvalue weighted by Gasteiger charge is 2.36. The predicted octanol–water partition coefficient (Wildman–Crippen LogP) is 6.06. The lowest BCUT2D eigenvalue weighted by atomic mass is 10.0. The molecular weight excluding hydrogens is 585 g/mol. The molecule has 0 aliphatic carbocycles. The van der Waals surface area contributed by atoms with E-state index in [0.717, 1.165) is 38.1 Å². The van der Waals surface area contributed by atoms with Gasteiger partial charge in [-0.1, -0.05) is 24.6 Å². The first-order chi connectivity index (χ1) is 19.2. The van der Waals surface area contributed by atoms with Gasteiger partial charge in [-0.25, -0.2) is 9.97 Å². The second kappa shape index (κ2) is 13.3. The monoisotopic (exact) mass is 612 g/mol. The van der Waals surface area contributed by atoms with Crippen molar-refractivity contribution >= 4 is 39.4 Å². The van der Waals surface area contributed by atoms with Crippen LogP contribution in [0.2, 0.25) is 5.02 Å². The molecule has 0 bridgehead atoms. The minimum Gasteiger partial charge on any atom is -0.490 e. The van der Waals surface area contributed by atoms with Crippen LogP contribution in [0.4, 0.5) is 24.8 Å². The van der Waals surface area contributed by atoms with Crippen molar-refractivity contribution < 1.29 is 35.9 Å². The first-order valence-electron chi connectivity index (χ1n) is 12.5. The number of aromatic nitrogens is 2. The molecule has 1 atom stereocenters. The fourth-order valence-electron chi connectivity index (χ4n) is 4.31. The highest BCUT2D eigenvalue weighted by molar-refractivity contribution is 7.92. The standard InChI is InChI=1S/C26H28ClF3N4O3S.CO2/c1-16(2)37-21-11-9-18(27)14-19(21)25-20(26(28,29)30)10-12-22(31-25)33-38(35,36)24-8-4-7-23(32-24)34-13-5-6-17(3)15-34;2-1-3/h4,7-12,14,16-17H,5-6,13,15H2,1-3H3,(H,31,33);. The number of anilines is 2. The van der Waals surface area contributed by atoms with Gasteiger partial charge in [0.05, 0.1) is 17.4 Å². The van der Waals surface area contributed by atoms with Gasteiger partial charge in [-0.2, -0.15) is 31.2 Å². The molecule has 1 aliphatic heterocycles. The van der Waals surface area contributed by atoms with E-state index in [-0.39, 0.29) is 39.4 Å². The Bertz CT molecular complexity index is 1510. The molecular formula is C27H28ClF3N4O5S. The highest BCUT2D eigenvalue weighted by atomic mass is 35.5.